The van der Waals surface area contributed by atoms with Crippen molar-refractivity contribution in [2.75, 3.05) is 0 Å². The van der Waals surface area contributed by atoms with Gasteiger partial charge in [-0.25, -0.2) is 9.97 Å². The Bertz CT molecular complexity index is 3210. The Hall–Kier alpha value is -7.16. The highest BCUT2D eigenvalue weighted by atomic mass is 14.9. The molecule has 10 aromatic rings. The molecule has 0 saturated carbocycles. The number of nitrogens with zero attached hydrogens (tertiary/aromatic N) is 2. The van der Waals surface area contributed by atoms with Crippen molar-refractivity contribution < 1.29 is 0 Å². The summed E-state index contributed by atoms with van der Waals surface area (Å²) < 4.78 is 0. The van der Waals surface area contributed by atoms with Gasteiger partial charge in [0.1, 0.15) is 0 Å². The average molecular weight is 697 g/mol. The Morgan fingerprint density at radius 1 is 0.327 bits per heavy atom. The van der Waals surface area contributed by atoms with Gasteiger partial charge in [0.05, 0.1) is 16.6 Å². The third-order valence-electron chi connectivity index (χ3n) is 12.1. The fourth-order valence-electron chi connectivity index (χ4n) is 9.94. The lowest BCUT2D eigenvalue weighted by Gasteiger charge is -2.32. The number of fused-ring (bicyclic) bond motifs is 16. The van der Waals surface area contributed by atoms with Crippen molar-refractivity contribution in [3.05, 3.63) is 216 Å². The molecule has 0 aliphatic heterocycles. The SMILES string of the molecule is c1ccc(-c2cccc(-c3nc(-c4cccc5c4-c4ccccc4C54c5ccccc5-c5c4c4ccccc4c4ccccc54)nc4ccccc34)c2)cc1. The van der Waals surface area contributed by atoms with E-state index in [2.05, 4.69) is 194 Å². The first kappa shape index (κ1) is 30.3. The van der Waals surface area contributed by atoms with E-state index in [1.165, 1.54) is 71.6 Å². The number of rotatable bonds is 3. The van der Waals surface area contributed by atoms with Gasteiger partial charge in [-0.15, -0.1) is 0 Å². The van der Waals surface area contributed by atoms with Gasteiger partial charge < -0.3 is 0 Å². The highest BCUT2D eigenvalue weighted by Gasteiger charge is 2.53. The van der Waals surface area contributed by atoms with Crippen LogP contribution in [0.2, 0.25) is 0 Å². The zero-order valence-corrected chi connectivity index (χ0v) is 29.9. The van der Waals surface area contributed by atoms with Crippen LogP contribution >= 0.6 is 0 Å². The third-order valence-corrected chi connectivity index (χ3v) is 12.1. The Balaban J connectivity index is 1.18. The van der Waals surface area contributed by atoms with Crippen LogP contribution in [-0.2, 0) is 5.41 Å². The Morgan fingerprint density at radius 3 is 1.64 bits per heavy atom. The zero-order valence-electron chi connectivity index (χ0n) is 29.9. The molecular formula is C53H32N2. The largest absolute Gasteiger partial charge is 0.228 e. The van der Waals surface area contributed by atoms with Crippen molar-refractivity contribution in [1.82, 2.24) is 9.97 Å². The first-order valence-electron chi connectivity index (χ1n) is 19.0. The first-order valence-corrected chi connectivity index (χ1v) is 19.0. The van der Waals surface area contributed by atoms with Crippen molar-refractivity contribution in [2.24, 2.45) is 0 Å². The zero-order chi connectivity index (χ0) is 36.1. The normalized spacial score (nSPS) is 15.0. The van der Waals surface area contributed by atoms with Crippen molar-refractivity contribution in [2.45, 2.75) is 5.41 Å². The molecule has 1 atom stereocenters. The van der Waals surface area contributed by atoms with Crippen LogP contribution in [0, 0.1) is 0 Å². The summed E-state index contributed by atoms with van der Waals surface area (Å²) >= 11 is 0. The second kappa shape index (κ2) is 11.4. The van der Waals surface area contributed by atoms with E-state index < -0.39 is 5.41 Å². The molecule has 0 amide bonds. The van der Waals surface area contributed by atoms with Gasteiger partial charge in [0.25, 0.3) is 0 Å². The molecule has 2 aliphatic rings. The molecule has 0 saturated heterocycles. The fourth-order valence-corrected chi connectivity index (χ4v) is 9.94. The van der Waals surface area contributed by atoms with Gasteiger partial charge in [-0.2, -0.15) is 0 Å². The van der Waals surface area contributed by atoms with Gasteiger partial charge in [0.2, 0.25) is 0 Å². The van der Waals surface area contributed by atoms with Crippen LogP contribution in [0.5, 0.6) is 0 Å². The summed E-state index contributed by atoms with van der Waals surface area (Å²) in [6.45, 7) is 0. The van der Waals surface area contributed by atoms with Gasteiger partial charge in [0, 0.05) is 16.5 Å². The molecule has 55 heavy (non-hydrogen) atoms. The maximum atomic E-state index is 5.51. The van der Waals surface area contributed by atoms with Gasteiger partial charge in [-0.1, -0.05) is 182 Å². The monoisotopic (exact) mass is 696 g/mol. The molecule has 1 unspecified atom stereocenters. The molecular weight excluding hydrogens is 665 g/mol. The molecule has 12 rings (SSSR count). The Labute approximate surface area is 319 Å². The molecule has 0 N–H and O–H groups in total. The number of para-hydroxylation sites is 1. The second-order valence-corrected chi connectivity index (χ2v) is 14.8. The minimum absolute atomic E-state index is 0.527. The van der Waals surface area contributed by atoms with Crippen LogP contribution in [0.3, 0.4) is 0 Å². The number of aromatic nitrogens is 2. The molecule has 0 radical (unpaired) electrons. The lowest BCUT2D eigenvalue weighted by atomic mass is 9.69. The predicted octanol–water partition coefficient (Wildman–Crippen LogP) is 13.3. The van der Waals surface area contributed by atoms with E-state index in [1.807, 2.05) is 0 Å². The maximum Gasteiger partial charge on any atom is 0.161 e. The lowest BCUT2D eigenvalue weighted by molar-refractivity contribution is 0.802. The van der Waals surface area contributed by atoms with Crippen LogP contribution in [0.4, 0.5) is 0 Å². The molecule has 9 aromatic carbocycles. The Kier molecular flexibility index (Phi) is 6.29. The van der Waals surface area contributed by atoms with Crippen LogP contribution in [0.15, 0.2) is 194 Å². The first-order chi connectivity index (χ1) is 27.3. The smallest absolute Gasteiger partial charge is 0.161 e. The summed E-state index contributed by atoms with van der Waals surface area (Å²) in [6, 6.07) is 70.6. The summed E-state index contributed by atoms with van der Waals surface area (Å²) in [5.74, 6) is 0.734. The summed E-state index contributed by atoms with van der Waals surface area (Å²) in [7, 11) is 0. The van der Waals surface area contributed by atoms with Gasteiger partial charge in [-0.3, -0.25) is 0 Å². The number of hydrogen-bond acceptors (Lipinski definition) is 2. The molecule has 1 aromatic heterocycles. The van der Waals surface area contributed by atoms with Crippen LogP contribution in [0.1, 0.15) is 22.3 Å². The quantitative estimate of drug-likeness (QED) is 0.172. The predicted molar refractivity (Wildman–Crippen MR) is 227 cm³/mol. The third kappa shape index (κ3) is 4.08. The van der Waals surface area contributed by atoms with Crippen molar-refractivity contribution in [3.63, 3.8) is 0 Å². The lowest BCUT2D eigenvalue weighted by Crippen LogP contribution is -2.26. The molecule has 2 aliphatic carbocycles. The van der Waals surface area contributed by atoms with E-state index in [4.69, 9.17) is 9.97 Å². The molecule has 2 nitrogen and oxygen atoms in total. The van der Waals surface area contributed by atoms with E-state index in [1.54, 1.807) is 0 Å². The summed E-state index contributed by atoms with van der Waals surface area (Å²) in [6.07, 6.45) is 0. The number of hydrogen-bond donors (Lipinski definition) is 0. The minimum Gasteiger partial charge on any atom is -0.228 e. The van der Waals surface area contributed by atoms with Crippen LogP contribution in [0.25, 0.3) is 88.5 Å². The van der Waals surface area contributed by atoms with Gasteiger partial charge >= 0.3 is 0 Å². The molecule has 2 heteroatoms. The van der Waals surface area contributed by atoms with Gasteiger partial charge in [-0.05, 0) is 89.3 Å². The van der Waals surface area contributed by atoms with Crippen LogP contribution < -0.4 is 0 Å². The van der Waals surface area contributed by atoms with E-state index in [9.17, 15) is 0 Å². The van der Waals surface area contributed by atoms with E-state index in [0.717, 1.165) is 39.1 Å². The second-order valence-electron chi connectivity index (χ2n) is 14.8. The van der Waals surface area contributed by atoms with Crippen molar-refractivity contribution >= 4 is 32.4 Å². The number of benzene rings is 9. The fraction of sp³-hybridized carbons (Fsp3) is 0.0189. The molecule has 0 bridgehead atoms. The molecule has 0 fully saturated rings. The van der Waals surface area contributed by atoms with Gasteiger partial charge in [0.15, 0.2) is 5.82 Å². The Morgan fingerprint density at radius 2 is 0.855 bits per heavy atom. The molecule has 1 spiro atoms. The maximum absolute atomic E-state index is 5.51. The standard InChI is InChI=1S/C53H32N2/c1-2-16-33(17-3-1)34-18-14-19-35(32-34)51-42-26-10-13-31-47(42)54-52(55-51)43-27-15-30-46-48(43)40-24-8-11-28-44(40)53(46)45-29-12-9-25-41(45)49-38-22-6-4-20-36(38)37-21-5-7-23-39(37)50(49)53/h1-32H. The highest BCUT2D eigenvalue weighted by Crippen LogP contribution is 2.66. The van der Waals surface area contributed by atoms with Crippen molar-refractivity contribution in [1.29, 1.82) is 0 Å². The summed E-state index contributed by atoms with van der Waals surface area (Å²) in [4.78, 5) is 10.9. The minimum atomic E-state index is -0.527. The topological polar surface area (TPSA) is 25.8 Å². The average Bonchev–Trinajstić information content (AvgIpc) is 3.75. The van der Waals surface area contributed by atoms with E-state index in [0.29, 0.717) is 0 Å². The van der Waals surface area contributed by atoms with E-state index in [-0.39, 0.29) is 0 Å². The summed E-state index contributed by atoms with van der Waals surface area (Å²) in [5.41, 5.74) is 16.2. The van der Waals surface area contributed by atoms with E-state index >= 15 is 0 Å². The van der Waals surface area contributed by atoms with Crippen molar-refractivity contribution in [3.8, 4) is 56.0 Å². The highest BCUT2D eigenvalue weighted by molar-refractivity contribution is 6.20. The molecule has 1 heterocycles. The summed E-state index contributed by atoms with van der Waals surface area (Å²) in [5, 5.41) is 6.20. The molecule has 254 valence electrons. The van der Waals surface area contributed by atoms with Crippen LogP contribution in [-0.4, -0.2) is 9.97 Å².